The fourth-order valence-electron chi connectivity index (χ4n) is 4.58. The summed E-state index contributed by atoms with van der Waals surface area (Å²) in [4.78, 5) is 0. The Hall–Kier alpha value is -2.38. The van der Waals surface area contributed by atoms with Gasteiger partial charge in [-0.1, -0.05) is 45.1 Å². The molecule has 2 aromatic carbocycles. The molecular weight excluding hydrogens is 458 g/mol. The van der Waals surface area contributed by atoms with Crippen LogP contribution in [0, 0.1) is 11.7 Å². The number of unbranched alkanes of at least 4 members (excludes halogenated alkanes) is 3. The molecule has 188 valence electrons. The van der Waals surface area contributed by atoms with Gasteiger partial charge in [0, 0.05) is 0 Å². The monoisotopic (exact) mass is 488 g/mol. The molecule has 0 N–H and O–H groups in total. The van der Waals surface area contributed by atoms with Crippen molar-refractivity contribution in [3.63, 3.8) is 0 Å². The molecule has 0 radical (unpaired) electrons. The highest BCUT2D eigenvalue weighted by Crippen LogP contribution is 2.40. The fraction of sp³-hybridized carbons (Fsp3) is 0.538. The number of benzene rings is 2. The zero-order valence-electron chi connectivity index (χ0n) is 19.1. The molecule has 8 heteroatoms. The van der Waals surface area contributed by atoms with Crippen LogP contribution in [0.1, 0.15) is 81.8 Å². The second-order valence-electron chi connectivity index (χ2n) is 8.94. The number of ether oxygens (including phenoxy) is 2. The Morgan fingerprint density at radius 3 is 1.97 bits per heavy atom. The molecule has 0 unspecified atom stereocenters. The Morgan fingerprint density at radius 1 is 0.794 bits per heavy atom. The molecule has 0 bridgehead atoms. The fourth-order valence-corrected chi connectivity index (χ4v) is 4.58. The van der Waals surface area contributed by atoms with Gasteiger partial charge in [-0.25, -0.2) is 4.39 Å². The summed E-state index contributed by atoms with van der Waals surface area (Å²) >= 11 is 0. The van der Waals surface area contributed by atoms with Gasteiger partial charge >= 0.3 is 12.5 Å². The van der Waals surface area contributed by atoms with Crippen molar-refractivity contribution < 1.29 is 35.8 Å². The largest absolute Gasteiger partial charge is 0.573 e. The number of hydrogen-bond donors (Lipinski definition) is 0. The third-order valence-electron chi connectivity index (χ3n) is 6.39. The van der Waals surface area contributed by atoms with E-state index in [0.29, 0.717) is 11.5 Å². The van der Waals surface area contributed by atoms with Gasteiger partial charge < -0.3 is 9.47 Å². The first-order valence-corrected chi connectivity index (χ1v) is 11.8. The molecule has 3 rings (SSSR count). The van der Waals surface area contributed by atoms with E-state index in [9.17, 15) is 26.3 Å². The zero-order valence-corrected chi connectivity index (χ0v) is 19.1. The predicted octanol–water partition coefficient (Wildman–Crippen LogP) is 9.10. The van der Waals surface area contributed by atoms with Crippen LogP contribution in [0.2, 0.25) is 0 Å². The molecule has 0 aliphatic heterocycles. The van der Waals surface area contributed by atoms with Crippen LogP contribution in [-0.4, -0.2) is 6.36 Å². The molecule has 1 aliphatic carbocycles. The summed E-state index contributed by atoms with van der Waals surface area (Å²) in [6, 6.07) is 7.20. The molecule has 0 spiro atoms. The Morgan fingerprint density at radius 2 is 1.41 bits per heavy atom. The van der Waals surface area contributed by atoms with E-state index in [-0.39, 0.29) is 5.92 Å². The minimum Gasteiger partial charge on any atom is -0.429 e. The molecule has 2 aromatic rings. The molecule has 1 fully saturated rings. The number of rotatable bonds is 10. The van der Waals surface area contributed by atoms with Crippen molar-refractivity contribution in [1.29, 1.82) is 0 Å². The molecule has 34 heavy (non-hydrogen) atoms. The van der Waals surface area contributed by atoms with Crippen LogP contribution in [0.3, 0.4) is 0 Å². The first kappa shape index (κ1) is 26.2. The standard InChI is InChI=1S/C26H30F6O2/c1-2-3-4-5-6-18-7-9-19(10-8-18)20-11-16-23(24(27)17-20)25(28,29)33-21-12-14-22(15-13-21)34-26(30,31)32/h11-19H,2-10H2,1H3. The van der Waals surface area contributed by atoms with Gasteiger partial charge in [0.25, 0.3) is 0 Å². The van der Waals surface area contributed by atoms with Crippen LogP contribution in [0.5, 0.6) is 11.5 Å². The lowest BCUT2D eigenvalue weighted by molar-refractivity contribution is -0.274. The van der Waals surface area contributed by atoms with Crippen LogP contribution in [0.25, 0.3) is 0 Å². The van der Waals surface area contributed by atoms with E-state index in [4.69, 9.17) is 0 Å². The minimum absolute atomic E-state index is 0.145. The lowest BCUT2D eigenvalue weighted by atomic mass is 9.77. The topological polar surface area (TPSA) is 18.5 Å². The van der Waals surface area contributed by atoms with Gasteiger partial charge in [0.05, 0.1) is 5.56 Å². The highest BCUT2D eigenvalue weighted by Gasteiger charge is 2.38. The summed E-state index contributed by atoms with van der Waals surface area (Å²) in [5.74, 6) is -1.23. The molecule has 1 saturated carbocycles. The molecule has 0 heterocycles. The second kappa shape index (κ2) is 11.4. The number of alkyl halides is 5. The summed E-state index contributed by atoms with van der Waals surface area (Å²) in [7, 11) is 0. The van der Waals surface area contributed by atoms with Gasteiger partial charge in [0.1, 0.15) is 17.3 Å². The Bertz CT molecular complexity index is 902. The highest BCUT2D eigenvalue weighted by atomic mass is 19.4. The van der Waals surface area contributed by atoms with Crippen molar-refractivity contribution in [1.82, 2.24) is 0 Å². The normalized spacial score (nSPS) is 19.1. The summed E-state index contributed by atoms with van der Waals surface area (Å²) < 4.78 is 88.8. The van der Waals surface area contributed by atoms with E-state index in [1.165, 1.54) is 38.2 Å². The zero-order chi connectivity index (χ0) is 24.8. The lowest BCUT2D eigenvalue weighted by Crippen LogP contribution is -2.24. The van der Waals surface area contributed by atoms with Gasteiger partial charge in [-0.05, 0) is 79.5 Å². The van der Waals surface area contributed by atoms with Crippen LogP contribution in [0.4, 0.5) is 26.3 Å². The predicted molar refractivity (Wildman–Crippen MR) is 118 cm³/mol. The molecule has 2 nitrogen and oxygen atoms in total. The molecule has 0 atom stereocenters. The second-order valence-corrected chi connectivity index (χ2v) is 8.94. The number of hydrogen-bond acceptors (Lipinski definition) is 2. The van der Waals surface area contributed by atoms with E-state index in [0.717, 1.165) is 62.1 Å². The Labute approximate surface area is 196 Å². The molecule has 1 aliphatic rings. The van der Waals surface area contributed by atoms with Gasteiger partial charge in [-0.15, -0.1) is 13.2 Å². The Kier molecular flexibility index (Phi) is 8.77. The quantitative estimate of drug-likeness (QED) is 0.245. The summed E-state index contributed by atoms with van der Waals surface area (Å²) in [5, 5.41) is 0. The number of halogens is 6. The third kappa shape index (κ3) is 7.57. The van der Waals surface area contributed by atoms with Crippen LogP contribution >= 0.6 is 0 Å². The lowest BCUT2D eigenvalue weighted by Gasteiger charge is -2.29. The van der Waals surface area contributed by atoms with Crippen molar-refractivity contribution in [3.8, 4) is 11.5 Å². The van der Waals surface area contributed by atoms with E-state index in [2.05, 4.69) is 16.4 Å². The maximum Gasteiger partial charge on any atom is 0.573 e. The summed E-state index contributed by atoms with van der Waals surface area (Å²) in [5.41, 5.74) is -0.216. The Balaban J connectivity index is 1.58. The SMILES string of the molecule is CCCCCCC1CCC(c2ccc(C(F)(F)Oc3ccc(OC(F)(F)F)cc3)c(F)c2)CC1. The molecule has 0 saturated heterocycles. The summed E-state index contributed by atoms with van der Waals surface area (Å²) in [6.07, 6.45) is 1.23. The van der Waals surface area contributed by atoms with Crippen LogP contribution in [0.15, 0.2) is 42.5 Å². The first-order valence-electron chi connectivity index (χ1n) is 11.8. The highest BCUT2D eigenvalue weighted by molar-refractivity contribution is 5.34. The van der Waals surface area contributed by atoms with E-state index >= 15 is 0 Å². The molecule has 0 aromatic heterocycles. The third-order valence-corrected chi connectivity index (χ3v) is 6.39. The van der Waals surface area contributed by atoms with Gasteiger partial charge in [-0.2, -0.15) is 8.78 Å². The van der Waals surface area contributed by atoms with Crippen molar-refractivity contribution in [2.75, 3.05) is 0 Å². The van der Waals surface area contributed by atoms with Crippen molar-refractivity contribution >= 4 is 0 Å². The van der Waals surface area contributed by atoms with Crippen molar-refractivity contribution in [3.05, 3.63) is 59.4 Å². The van der Waals surface area contributed by atoms with E-state index in [1.807, 2.05) is 0 Å². The average Bonchev–Trinajstić information content (AvgIpc) is 2.77. The smallest absolute Gasteiger partial charge is 0.429 e. The molecule has 0 amide bonds. The van der Waals surface area contributed by atoms with Crippen LogP contribution in [-0.2, 0) is 6.11 Å². The van der Waals surface area contributed by atoms with Gasteiger partial charge in [-0.3, -0.25) is 0 Å². The average molecular weight is 489 g/mol. The van der Waals surface area contributed by atoms with Gasteiger partial charge in [0.15, 0.2) is 0 Å². The van der Waals surface area contributed by atoms with E-state index < -0.39 is 35.4 Å². The van der Waals surface area contributed by atoms with Gasteiger partial charge in [0.2, 0.25) is 0 Å². The van der Waals surface area contributed by atoms with Crippen molar-refractivity contribution in [2.45, 2.75) is 83.1 Å². The maximum atomic E-state index is 14.7. The molecular formula is C26H30F6O2. The van der Waals surface area contributed by atoms with Crippen molar-refractivity contribution in [2.24, 2.45) is 5.92 Å². The maximum absolute atomic E-state index is 14.7. The van der Waals surface area contributed by atoms with E-state index in [1.54, 1.807) is 0 Å². The first-order chi connectivity index (χ1) is 16.1. The van der Waals surface area contributed by atoms with Crippen LogP contribution < -0.4 is 9.47 Å². The minimum atomic E-state index is -4.90. The summed E-state index contributed by atoms with van der Waals surface area (Å²) in [6.45, 7) is 2.19.